The van der Waals surface area contributed by atoms with E-state index in [9.17, 15) is 9.90 Å². The smallest absolute Gasteiger partial charge is 0.323 e. The SMILES string of the molecule is CCC(CC)(NCCOc1ccc(OC)cc1)C(=O)O. The van der Waals surface area contributed by atoms with Crippen LogP contribution in [0.4, 0.5) is 0 Å². The Hall–Kier alpha value is -1.75. The quantitative estimate of drug-likeness (QED) is 0.680. The van der Waals surface area contributed by atoms with Crippen LogP contribution in [0.15, 0.2) is 24.3 Å². The van der Waals surface area contributed by atoms with E-state index in [1.807, 2.05) is 38.1 Å². The highest BCUT2D eigenvalue weighted by Gasteiger charge is 2.33. The molecule has 1 rings (SSSR count). The standard InChI is InChI=1S/C15H23NO4/c1-4-15(5-2,14(17)18)16-10-11-20-13-8-6-12(19-3)7-9-13/h6-9,16H,4-5,10-11H2,1-3H3,(H,17,18). The molecule has 1 aromatic rings. The van der Waals surface area contributed by atoms with Crippen molar-refractivity contribution in [3.63, 3.8) is 0 Å². The lowest BCUT2D eigenvalue weighted by molar-refractivity contribution is -0.145. The number of hydrogen-bond acceptors (Lipinski definition) is 4. The second-order valence-electron chi connectivity index (χ2n) is 4.55. The first kappa shape index (κ1) is 16.3. The second-order valence-corrected chi connectivity index (χ2v) is 4.55. The molecule has 0 unspecified atom stereocenters. The lowest BCUT2D eigenvalue weighted by Crippen LogP contribution is -2.52. The number of hydrogen-bond donors (Lipinski definition) is 2. The molecule has 0 amide bonds. The van der Waals surface area contributed by atoms with E-state index >= 15 is 0 Å². The van der Waals surface area contributed by atoms with Gasteiger partial charge in [-0.05, 0) is 37.1 Å². The normalized spacial score (nSPS) is 11.2. The first-order valence-electron chi connectivity index (χ1n) is 6.83. The van der Waals surface area contributed by atoms with Crippen LogP contribution >= 0.6 is 0 Å². The molecule has 0 aliphatic carbocycles. The van der Waals surface area contributed by atoms with Gasteiger partial charge in [-0.15, -0.1) is 0 Å². The number of aliphatic carboxylic acids is 1. The molecule has 0 radical (unpaired) electrons. The Labute approximate surface area is 119 Å². The van der Waals surface area contributed by atoms with E-state index in [1.165, 1.54) is 0 Å². The number of ether oxygens (including phenoxy) is 2. The predicted octanol–water partition coefficient (Wildman–Crippen LogP) is 2.31. The van der Waals surface area contributed by atoms with Crippen molar-refractivity contribution in [2.24, 2.45) is 0 Å². The topological polar surface area (TPSA) is 67.8 Å². The number of carboxylic acids is 1. The van der Waals surface area contributed by atoms with Crippen LogP contribution in [0.2, 0.25) is 0 Å². The van der Waals surface area contributed by atoms with Gasteiger partial charge in [0, 0.05) is 6.54 Å². The molecular weight excluding hydrogens is 258 g/mol. The molecule has 0 saturated carbocycles. The molecule has 0 aliphatic rings. The van der Waals surface area contributed by atoms with Gasteiger partial charge in [0.25, 0.3) is 0 Å². The summed E-state index contributed by atoms with van der Waals surface area (Å²) in [4.78, 5) is 11.3. The van der Waals surface area contributed by atoms with Crippen molar-refractivity contribution >= 4 is 5.97 Å². The predicted molar refractivity (Wildman–Crippen MR) is 77.4 cm³/mol. The summed E-state index contributed by atoms with van der Waals surface area (Å²) in [6, 6.07) is 7.29. The first-order chi connectivity index (χ1) is 9.57. The van der Waals surface area contributed by atoms with Crippen molar-refractivity contribution in [1.82, 2.24) is 5.32 Å². The lowest BCUT2D eigenvalue weighted by atomic mass is 9.93. The summed E-state index contributed by atoms with van der Waals surface area (Å²) < 4.78 is 10.6. The average molecular weight is 281 g/mol. The van der Waals surface area contributed by atoms with Gasteiger partial charge < -0.3 is 14.6 Å². The fourth-order valence-electron chi connectivity index (χ4n) is 2.01. The fraction of sp³-hybridized carbons (Fsp3) is 0.533. The molecule has 0 saturated heterocycles. The number of benzene rings is 1. The largest absolute Gasteiger partial charge is 0.497 e. The van der Waals surface area contributed by atoms with Crippen LogP contribution in [0.25, 0.3) is 0 Å². The Bertz CT molecular complexity index is 412. The minimum absolute atomic E-state index is 0.418. The average Bonchev–Trinajstić information content (AvgIpc) is 2.48. The van der Waals surface area contributed by atoms with Crippen molar-refractivity contribution in [1.29, 1.82) is 0 Å². The summed E-state index contributed by atoms with van der Waals surface area (Å²) in [7, 11) is 1.61. The van der Waals surface area contributed by atoms with Crippen LogP contribution < -0.4 is 14.8 Å². The zero-order valence-electron chi connectivity index (χ0n) is 12.3. The lowest BCUT2D eigenvalue weighted by Gasteiger charge is -2.28. The highest BCUT2D eigenvalue weighted by Crippen LogP contribution is 2.17. The third kappa shape index (κ3) is 4.13. The van der Waals surface area contributed by atoms with Crippen molar-refractivity contribution in [2.45, 2.75) is 32.2 Å². The molecule has 0 spiro atoms. The Morgan fingerprint density at radius 1 is 1.20 bits per heavy atom. The highest BCUT2D eigenvalue weighted by molar-refractivity contribution is 5.78. The molecule has 0 aromatic heterocycles. The van der Waals surface area contributed by atoms with E-state index in [0.717, 1.165) is 11.5 Å². The van der Waals surface area contributed by atoms with Gasteiger partial charge in [-0.2, -0.15) is 0 Å². The van der Waals surface area contributed by atoms with Gasteiger partial charge in [0.15, 0.2) is 0 Å². The van der Waals surface area contributed by atoms with Crippen LogP contribution in [0.3, 0.4) is 0 Å². The van der Waals surface area contributed by atoms with E-state index in [0.29, 0.717) is 26.0 Å². The third-order valence-corrected chi connectivity index (χ3v) is 3.51. The maximum Gasteiger partial charge on any atom is 0.323 e. The Kier molecular flexibility index (Phi) is 6.31. The van der Waals surface area contributed by atoms with Gasteiger partial charge in [-0.3, -0.25) is 10.1 Å². The van der Waals surface area contributed by atoms with Crippen LogP contribution in [0, 0.1) is 0 Å². The molecule has 5 heteroatoms. The van der Waals surface area contributed by atoms with E-state index in [1.54, 1.807) is 7.11 Å². The Morgan fingerprint density at radius 2 is 1.75 bits per heavy atom. The summed E-state index contributed by atoms with van der Waals surface area (Å²) in [5, 5.41) is 12.4. The van der Waals surface area contributed by atoms with Crippen molar-refractivity contribution in [2.75, 3.05) is 20.3 Å². The van der Waals surface area contributed by atoms with E-state index in [-0.39, 0.29) is 0 Å². The zero-order valence-corrected chi connectivity index (χ0v) is 12.3. The number of rotatable bonds is 9. The minimum atomic E-state index is -0.858. The van der Waals surface area contributed by atoms with Crippen molar-refractivity contribution < 1.29 is 19.4 Å². The Morgan fingerprint density at radius 3 is 2.20 bits per heavy atom. The van der Waals surface area contributed by atoms with Crippen LogP contribution in [0.5, 0.6) is 11.5 Å². The van der Waals surface area contributed by atoms with E-state index in [4.69, 9.17) is 9.47 Å². The molecular formula is C15H23NO4. The molecule has 20 heavy (non-hydrogen) atoms. The van der Waals surface area contributed by atoms with Crippen LogP contribution in [-0.4, -0.2) is 36.9 Å². The number of carboxylic acid groups (broad SMARTS) is 1. The summed E-state index contributed by atoms with van der Waals surface area (Å²) in [5.74, 6) is 0.700. The molecule has 0 atom stereocenters. The van der Waals surface area contributed by atoms with Crippen molar-refractivity contribution in [3.05, 3.63) is 24.3 Å². The van der Waals surface area contributed by atoms with Gasteiger partial charge >= 0.3 is 5.97 Å². The van der Waals surface area contributed by atoms with Gasteiger partial charge in [-0.1, -0.05) is 13.8 Å². The number of nitrogens with one attached hydrogen (secondary N) is 1. The van der Waals surface area contributed by atoms with Crippen LogP contribution in [-0.2, 0) is 4.79 Å². The maximum atomic E-state index is 11.3. The highest BCUT2D eigenvalue weighted by atomic mass is 16.5. The van der Waals surface area contributed by atoms with E-state index < -0.39 is 11.5 Å². The van der Waals surface area contributed by atoms with Gasteiger partial charge in [-0.25, -0.2) is 0 Å². The maximum absolute atomic E-state index is 11.3. The first-order valence-corrected chi connectivity index (χ1v) is 6.83. The number of methoxy groups -OCH3 is 1. The molecule has 0 fully saturated rings. The van der Waals surface area contributed by atoms with Crippen molar-refractivity contribution in [3.8, 4) is 11.5 Å². The summed E-state index contributed by atoms with van der Waals surface area (Å²) in [5.41, 5.74) is -0.858. The van der Waals surface area contributed by atoms with E-state index in [2.05, 4.69) is 5.32 Å². The van der Waals surface area contributed by atoms with Crippen LogP contribution in [0.1, 0.15) is 26.7 Å². The molecule has 5 nitrogen and oxygen atoms in total. The minimum Gasteiger partial charge on any atom is -0.497 e. The second kappa shape index (κ2) is 7.75. The Balaban J connectivity index is 2.41. The summed E-state index contributed by atoms with van der Waals surface area (Å²) in [6.07, 6.45) is 1.09. The summed E-state index contributed by atoms with van der Waals surface area (Å²) in [6.45, 7) is 4.64. The molecule has 0 aliphatic heterocycles. The summed E-state index contributed by atoms with van der Waals surface area (Å²) >= 11 is 0. The van der Waals surface area contributed by atoms with Gasteiger partial charge in [0.2, 0.25) is 0 Å². The fourth-order valence-corrected chi connectivity index (χ4v) is 2.01. The molecule has 0 bridgehead atoms. The van der Waals surface area contributed by atoms with Gasteiger partial charge in [0.05, 0.1) is 7.11 Å². The zero-order chi connectivity index (χ0) is 15.0. The molecule has 112 valence electrons. The monoisotopic (exact) mass is 281 g/mol. The molecule has 0 heterocycles. The molecule has 1 aromatic carbocycles. The molecule has 2 N–H and O–H groups in total. The van der Waals surface area contributed by atoms with Gasteiger partial charge in [0.1, 0.15) is 23.6 Å². The number of carbonyl (C=O) groups is 1. The third-order valence-electron chi connectivity index (χ3n) is 3.51.